The van der Waals surface area contributed by atoms with Crippen molar-refractivity contribution in [2.24, 2.45) is 11.8 Å². The van der Waals surface area contributed by atoms with Crippen LogP contribution in [0.5, 0.6) is 0 Å². The second kappa shape index (κ2) is 7.80. The molecule has 3 rings (SSSR count). The second-order valence-corrected chi connectivity index (χ2v) is 7.09. The largest absolute Gasteiger partial charge is 0.468 e. The fourth-order valence-electron chi connectivity index (χ4n) is 3.78. The van der Waals surface area contributed by atoms with Crippen molar-refractivity contribution in [3.8, 4) is 0 Å². The Bertz CT molecular complexity index is 583. The van der Waals surface area contributed by atoms with Gasteiger partial charge in [-0.3, -0.25) is 4.90 Å². The first-order valence-electron chi connectivity index (χ1n) is 8.73. The summed E-state index contributed by atoms with van der Waals surface area (Å²) in [7, 11) is 0. The highest BCUT2D eigenvalue weighted by Crippen LogP contribution is 2.23. The van der Waals surface area contributed by atoms with Crippen molar-refractivity contribution in [3.63, 3.8) is 0 Å². The highest BCUT2D eigenvalue weighted by molar-refractivity contribution is 5.27. The molecule has 3 nitrogen and oxygen atoms in total. The van der Waals surface area contributed by atoms with Gasteiger partial charge in [0.05, 0.1) is 12.8 Å². The fraction of sp³-hybridized carbons (Fsp3) is 0.500. The molecule has 0 bridgehead atoms. The second-order valence-electron chi connectivity index (χ2n) is 7.09. The predicted molar refractivity (Wildman–Crippen MR) is 93.9 cm³/mol. The van der Waals surface area contributed by atoms with Crippen LogP contribution in [0.15, 0.2) is 47.1 Å². The van der Waals surface area contributed by atoms with Gasteiger partial charge < -0.3 is 9.73 Å². The van der Waals surface area contributed by atoms with Gasteiger partial charge in [-0.1, -0.05) is 38.1 Å². The highest BCUT2D eigenvalue weighted by atomic mass is 16.3. The van der Waals surface area contributed by atoms with Crippen LogP contribution in [0.4, 0.5) is 0 Å². The zero-order valence-corrected chi connectivity index (χ0v) is 14.3. The van der Waals surface area contributed by atoms with Crippen molar-refractivity contribution in [3.05, 3.63) is 59.5 Å². The van der Waals surface area contributed by atoms with E-state index in [0.717, 1.165) is 37.2 Å². The molecule has 2 aromatic rings. The summed E-state index contributed by atoms with van der Waals surface area (Å²) in [5, 5.41) is 3.49. The monoisotopic (exact) mass is 312 g/mol. The lowest BCUT2D eigenvalue weighted by Gasteiger charge is -2.35. The van der Waals surface area contributed by atoms with Crippen LogP contribution >= 0.6 is 0 Å². The van der Waals surface area contributed by atoms with Gasteiger partial charge in [0, 0.05) is 26.2 Å². The molecule has 1 aliphatic rings. The fourth-order valence-corrected chi connectivity index (χ4v) is 3.78. The van der Waals surface area contributed by atoms with Gasteiger partial charge >= 0.3 is 0 Å². The van der Waals surface area contributed by atoms with Crippen molar-refractivity contribution >= 4 is 0 Å². The van der Waals surface area contributed by atoms with Crippen molar-refractivity contribution in [1.29, 1.82) is 0 Å². The first kappa shape index (κ1) is 16.3. The Hall–Kier alpha value is -1.58. The summed E-state index contributed by atoms with van der Waals surface area (Å²) in [5.74, 6) is 2.60. The molecule has 0 aliphatic carbocycles. The molecule has 0 spiro atoms. The van der Waals surface area contributed by atoms with Gasteiger partial charge in [0.2, 0.25) is 0 Å². The lowest BCUT2D eigenvalue weighted by molar-refractivity contribution is 0.134. The molecule has 124 valence electrons. The quantitative estimate of drug-likeness (QED) is 0.872. The lowest BCUT2D eigenvalue weighted by Crippen LogP contribution is -2.38. The molecular formula is C20H28N2O. The minimum absolute atomic E-state index is 0.777. The lowest BCUT2D eigenvalue weighted by atomic mass is 9.91. The molecule has 0 amide bonds. The minimum Gasteiger partial charge on any atom is -0.468 e. The molecule has 3 heteroatoms. The number of nitrogens with one attached hydrogen (secondary N) is 1. The standard InChI is InChI=1S/C20H28N2O/c1-16-10-17(2)14-22(13-16)15-19-7-4-3-6-18(19)11-21-12-20-8-5-9-23-20/h3-9,16-17,21H,10-15H2,1-2H3. The molecule has 1 aromatic carbocycles. The first-order chi connectivity index (χ1) is 11.2. The van der Waals surface area contributed by atoms with Gasteiger partial charge in [0.25, 0.3) is 0 Å². The Morgan fingerprint density at radius 3 is 2.43 bits per heavy atom. The molecule has 1 aliphatic heterocycles. The zero-order chi connectivity index (χ0) is 16.1. The van der Waals surface area contributed by atoms with Crippen LogP contribution in [0.1, 0.15) is 37.2 Å². The average Bonchev–Trinajstić information content (AvgIpc) is 3.01. The summed E-state index contributed by atoms with van der Waals surface area (Å²) in [6.07, 6.45) is 3.09. The van der Waals surface area contributed by atoms with Gasteiger partial charge in [-0.05, 0) is 41.5 Å². The van der Waals surface area contributed by atoms with Gasteiger partial charge in [0.15, 0.2) is 0 Å². The van der Waals surface area contributed by atoms with Crippen LogP contribution in [0.3, 0.4) is 0 Å². The molecule has 0 radical (unpaired) electrons. The van der Waals surface area contributed by atoms with E-state index in [2.05, 4.69) is 48.3 Å². The smallest absolute Gasteiger partial charge is 0.117 e. The van der Waals surface area contributed by atoms with E-state index in [-0.39, 0.29) is 0 Å². The Balaban J connectivity index is 1.58. The maximum Gasteiger partial charge on any atom is 0.117 e. The van der Waals surface area contributed by atoms with Crippen LogP contribution in [-0.2, 0) is 19.6 Å². The molecular weight excluding hydrogens is 284 g/mol. The van der Waals surface area contributed by atoms with E-state index in [0.29, 0.717) is 0 Å². The predicted octanol–water partition coefficient (Wildman–Crippen LogP) is 4.05. The summed E-state index contributed by atoms with van der Waals surface area (Å²) in [4.78, 5) is 2.62. The summed E-state index contributed by atoms with van der Waals surface area (Å²) in [6, 6.07) is 12.7. The molecule has 0 saturated carbocycles. The Kier molecular flexibility index (Phi) is 5.52. The molecule has 23 heavy (non-hydrogen) atoms. The third-order valence-corrected chi connectivity index (χ3v) is 4.65. The van der Waals surface area contributed by atoms with Crippen LogP contribution in [0.25, 0.3) is 0 Å². The van der Waals surface area contributed by atoms with Gasteiger partial charge in [-0.25, -0.2) is 0 Å². The van der Waals surface area contributed by atoms with Crippen molar-refractivity contribution in [2.75, 3.05) is 13.1 Å². The van der Waals surface area contributed by atoms with Crippen molar-refractivity contribution < 1.29 is 4.42 Å². The molecule has 2 atom stereocenters. The number of piperidine rings is 1. The number of nitrogens with zero attached hydrogens (tertiary/aromatic N) is 1. The number of rotatable bonds is 6. The number of likely N-dealkylation sites (tertiary alicyclic amines) is 1. The summed E-state index contributed by atoms with van der Waals surface area (Å²) < 4.78 is 5.38. The maximum atomic E-state index is 5.38. The maximum absolute atomic E-state index is 5.38. The van der Waals surface area contributed by atoms with Crippen LogP contribution < -0.4 is 5.32 Å². The number of hydrogen-bond acceptors (Lipinski definition) is 3. The third kappa shape index (κ3) is 4.69. The number of furan rings is 1. The summed E-state index contributed by atoms with van der Waals surface area (Å²) in [5.41, 5.74) is 2.84. The highest BCUT2D eigenvalue weighted by Gasteiger charge is 2.22. The molecule has 1 saturated heterocycles. The van der Waals surface area contributed by atoms with E-state index >= 15 is 0 Å². The summed E-state index contributed by atoms with van der Waals surface area (Å²) >= 11 is 0. The van der Waals surface area contributed by atoms with Gasteiger partial charge in [0.1, 0.15) is 5.76 Å². The van der Waals surface area contributed by atoms with Crippen LogP contribution in [-0.4, -0.2) is 18.0 Å². The van der Waals surface area contributed by atoms with Crippen LogP contribution in [0.2, 0.25) is 0 Å². The van der Waals surface area contributed by atoms with E-state index in [4.69, 9.17) is 4.42 Å². The molecule has 1 aromatic heterocycles. The number of hydrogen-bond donors (Lipinski definition) is 1. The first-order valence-corrected chi connectivity index (χ1v) is 8.73. The SMILES string of the molecule is CC1CC(C)CN(Cc2ccccc2CNCc2ccco2)C1. The Morgan fingerprint density at radius 1 is 1.00 bits per heavy atom. The van der Waals surface area contributed by atoms with E-state index < -0.39 is 0 Å². The number of benzene rings is 1. The molecule has 1 fully saturated rings. The van der Waals surface area contributed by atoms with E-state index in [1.807, 2.05) is 12.1 Å². The van der Waals surface area contributed by atoms with Gasteiger partial charge in [-0.15, -0.1) is 0 Å². The summed E-state index contributed by atoms with van der Waals surface area (Å²) in [6.45, 7) is 9.91. The molecule has 1 N–H and O–H groups in total. The third-order valence-electron chi connectivity index (χ3n) is 4.65. The van der Waals surface area contributed by atoms with Crippen molar-refractivity contribution in [2.45, 2.75) is 39.9 Å². The average molecular weight is 312 g/mol. The van der Waals surface area contributed by atoms with Crippen molar-refractivity contribution in [1.82, 2.24) is 10.2 Å². The molecule has 2 heterocycles. The normalized spacial score (nSPS) is 22.3. The topological polar surface area (TPSA) is 28.4 Å². The van der Waals surface area contributed by atoms with Gasteiger partial charge in [-0.2, -0.15) is 0 Å². The van der Waals surface area contributed by atoms with Crippen LogP contribution in [0, 0.1) is 11.8 Å². The Labute approximate surface area is 139 Å². The molecule has 2 unspecified atom stereocenters. The van der Waals surface area contributed by atoms with E-state index in [1.54, 1.807) is 6.26 Å². The van der Waals surface area contributed by atoms with E-state index in [1.165, 1.54) is 30.6 Å². The zero-order valence-electron chi connectivity index (χ0n) is 14.3. The minimum atomic E-state index is 0.777. The van der Waals surface area contributed by atoms with E-state index in [9.17, 15) is 0 Å². The Morgan fingerprint density at radius 2 is 1.74 bits per heavy atom.